The van der Waals surface area contributed by atoms with E-state index in [1.165, 1.54) is 11.8 Å². The second kappa shape index (κ2) is 6.63. The molecule has 102 valence electrons. The van der Waals surface area contributed by atoms with Crippen molar-refractivity contribution >= 4 is 28.7 Å². The molecule has 1 unspecified atom stereocenters. The van der Waals surface area contributed by atoms with Gasteiger partial charge in [-0.25, -0.2) is 0 Å². The van der Waals surface area contributed by atoms with E-state index in [-0.39, 0.29) is 12.0 Å². The molecule has 2 N–H and O–H groups in total. The van der Waals surface area contributed by atoms with Crippen LogP contribution in [0.2, 0.25) is 0 Å². The predicted molar refractivity (Wildman–Crippen MR) is 77.1 cm³/mol. The number of ether oxygens (including phenoxy) is 1. The lowest BCUT2D eigenvalue weighted by molar-refractivity contribution is -0.139. The highest BCUT2D eigenvalue weighted by molar-refractivity contribution is 7.99. The monoisotopic (exact) mass is 279 g/mol. The van der Waals surface area contributed by atoms with Crippen molar-refractivity contribution in [2.45, 2.75) is 13.0 Å². The number of hydrogen-bond acceptors (Lipinski definition) is 5. The van der Waals surface area contributed by atoms with Crippen LogP contribution in [0.25, 0.3) is 11.0 Å². The standard InChI is InChI=1S/C14H17NO3S/c1-2-17-14(16)9-19-8-11(15)13-7-10-5-3-4-6-12(10)18-13/h3-7,11H,2,8-9,15H2,1H3. The molecule has 0 aliphatic heterocycles. The molecule has 0 aliphatic rings. The molecule has 19 heavy (non-hydrogen) atoms. The second-order valence-corrected chi connectivity index (χ2v) is 5.14. The maximum atomic E-state index is 11.2. The van der Waals surface area contributed by atoms with E-state index in [0.29, 0.717) is 18.1 Å². The van der Waals surface area contributed by atoms with Crippen LogP contribution in [0.15, 0.2) is 34.7 Å². The molecule has 2 aromatic rings. The molecule has 0 saturated carbocycles. The van der Waals surface area contributed by atoms with Crippen LogP contribution < -0.4 is 5.73 Å². The number of carbonyl (C=O) groups excluding carboxylic acids is 1. The summed E-state index contributed by atoms with van der Waals surface area (Å²) in [4.78, 5) is 11.2. The SMILES string of the molecule is CCOC(=O)CSCC(N)c1cc2ccccc2o1. The Morgan fingerprint density at radius 2 is 2.26 bits per heavy atom. The van der Waals surface area contributed by atoms with Crippen LogP contribution in [-0.4, -0.2) is 24.1 Å². The molecule has 0 amide bonds. The summed E-state index contributed by atoms with van der Waals surface area (Å²) < 4.78 is 10.5. The molecule has 0 saturated heterocycles. The summed E-state index contributed by atoms with van der Waals surface area (Å²) in [5.41, 5.74) is 6.89. The highest BCUT2D eigenvalue weighted by Gasteiger charge is 2.13. The van der Waals surface area contributed by atoms with Gasteiger partial charge < -0.3 is 14.9 Å². The highest BCUT2D eigenvalue weighted by Crippen LogP contribution is 2.24. The first-order valence-electron chi connectivity index (χ1n) is 6.18. The van der Waals surface area contributed by atoms with Crippen molar-refractivity contribution in [2.75, 3.05) is 18.1 Å². The van der Waals surface area contributed by atoms with E-state index < -0.39 is 0 Å². The second-order valence-electron chi connectivity index (χ2n) is 4.11. The number of benzene rings is 1. The summed E-state index contributed by atoms with van der Waals surface area (Å²) in [5, 5.41) is 1.04. The number of hydrogen-bond donors (Lipinski definition) is 1. The first kappa shape index (κ1) is 14.0. The fourth-order valence-electron chi connectivity index (χ4n) is 1.74. The molecule has 2 rings (SSSR count). The molecule has 5 heteroatoms. The van der Waals surface area contributed by atoms with Crippen LogP contribution in [0.1, 0.15) is 18.7 Å². The number of thioether (sulfide) groups is 1. The van der Waals surface area contributed by atoms with Gasteiger partial charge in [-0.1, -0.05) is 18.2 Å². The highest BCUT2D eigenvalue weighted by atomic mass is 32.2. The zero-order chi connectivity index (χ0) is 13.7. The fourth-order valence-corrected chi connectivity index (χ4v) is 2.53. The average Bonchev–Trinajstić information content (AvgIpc) is 2.82. The molecular formula is C14H17NO3S. The smallest absolute Gasteiger partial charge is 0.315 e. The normalized spacial score (nSPS) is 12.5. The van der Waals surface area contributed by atoms with Gasteiger partial charge in [0.15, 0.2) is 0 Å². The molecule has 0 bridgehead atoms. The van der Waals surface area contributed by atoms with Gasteiger partial charge in [-0.3, -0.25) is 4.79 Å². The van der Waals surface area contributed by atoms with Crippen LogP contribution in [-0.2, 0) is 9.53 Å². The molecule has 0 fully saturated rings. The maximum absolute atomic E-state index is 11.2. The Labute approximate surface area is 116 Å². The van der Waals surface area contributed by atoms with Crippen LogP contribution in [0.5, 0.6) is 0 Å². The number of para-hydroxylation sites is 1. The predicted octanol–water partition coefficient (Wildman–Crippen LogP) is 2.73. The van der Waals surface area contributed by atoms with E-state index >= 15 is 0 Å². The van der Waals surface area contributed by atoms with Gasteiger partial charge in [0.25, 0.3) is 0 Å². The zero-order valence-corrected chi connectivity index (χ0v) is 11.6. The molecule has 1 atom stereocenters. The Morgan fingerprint density at radius 1 is 1.47 bits per heavy atom. The molecule has 0 aliphatic carbocycles. The number of nitrogens with two attached hydrogens (primary N) is 1. The molecular weight excluding hydrogens is 262 g/mol. The van der Waals surface area contributed by atoms with E-state index in [4.69, 9.17) is 14.9 Å². The van der Waals surface area contributed by atoms with E-state index in [9.17, 15) is 4.79 Å². The van der Waals surface area contributed by atoms with Crippen molar-refractivity contribution in [2.24, 2.45) is 5.73 Å². The summed E-state index contributed by atoms with van der Waals surface area (Å²) in [5.74, 6) is 1.49. The van der Waals surface area contributed by atoms with Gasteiger partial charge in [0.05, 0.1) is 18.4 Å². The quantitative estimate of drug-likeness (QED) is 0.824. The number of furan rings is 1. The molecule has 0 spiro atoms. The maximum Gasteiger partial charge on any atom is 0.315 e. The topological polar surface area (TPSA) is 65.5 Å². The largest absolute Gasteiger partial charge is 0.465 e. The minimum Gasteiger partial charge on any atom is -0.465 e. The van der Waals surface area contributed by atoms with E-state index in [1.807, 2.05) is 30.3 Å². The third kappa shape index (κ3) is 3.75. The number of rotatable bonds is 6. The van der Waals surface area contributed by atoms with Crippen LogP contribution in [0, 0.1) is 0 Å². The van der Waals surface area contributed by atoms with Crippen LogP contribution >= 0.6 is 11.8 Å². The van der Waals surface area contributed by atoms with Crippen molar-refractivity contribution in [3.8, 4) is 0 Å². The van der Waals surface area contributed by atoms with Gasteiger partial charge in [-0.05, 0) is 19.1 Å². The summed E-state index contributed by atoms with van der Waals surface area (Å²) in [6.45, 7) is 2.21. The van der Waals surface area contributed by atoms with Gasteiger partial charge >= 0.3 is 5.97 Å². The van der Waals surface area contributed by atoms with Crippen LogP contribution in [0.4, 0.5) is 0 Å². The van der Waals surface area contributed by atoms with E-state index in [0.717, 1.165) is 16.7 Å². The van der Waals surface area contributed by atoms with Gasteiger partial charge in [0.1, 0.15) is 11.3 Å². The van der Waals surface area contributed by atoms with Crippen LogP contribution in [0.3, 0.4) is 0 Å². The molecule has 1 aromatic carbocycles. The van der Waals surface area contributed by atoms with Gasteiger partial charge in [-0.15, -0.1) is 11.8 Å². The molecule has 1 heterocycles. The number of carbonyl (C=O) groups is 1. The number of esters is 1. The van der Waals surface area contributed by atoms with E-state index in [1.54, 1.807) is 6.92 Å². The summed E-state index contributed by atoms with van der Waals surface area (Å²) in [7, 11) is 0. The van der Waals surface area contributed by atoms with Crippen molar-refractivity contribution < 1.29 is 13.9 Å². The van der Waals surface area contributed by atoms with Gasteiger partial charge in [-0.2, -0.15) is 0 Å². The van der Waals surface area contributed by atoms with Crippen molar-refractivity contribution in [1.82, 2.24) is 0 Å². The zero-order valence-electron chi connectivity index (χ0n) is 10.8. The van der Waals surface area contributed by atoms with Crippen molar-refractivity contribution in [3.63, 3.8) is 0 Å². The average molecular weight is 279 g/mol. The Kier molecular flexibility index (Phi) is 4.87. The third-order valence-electron chi connectivity index (χ3n) is 2.63. The first-order valence-corrected chi connectivity index (χ1v) is 7.33. The lowest BCUT2D eigenvalue weighted by atomic mass is 10.2. The van der Waals surface area contributed by atoms with Gasteiger partial charge in [0.2, 0.25) is 0 Å². The molecule has 4 nitrogen and oxygen atoms in total. The summed E-state index contributed by atoms with van der Waals surface area (Å²) >= 11 is 1.45. The fraction of sp³-hybridized carbons (Fsp3) is 0.357. The summed E-state index contributed by atoms with van der Waals surface area (Å²) in [6, 6.07) is 9.52. The lowest BCUT2D eigenvalue weighted by Crippen LogP contribution is -2.14. The Balaban J connectivity index is 1.89. The van der Waals surface area contributed by atoms with E-state index in [2.05, 4.69) is 0 Å². The summed E-state index contributed by atoms with van der Waals surface area (Å²) in [6.07, 6.45) is 0. The minimum atomic E-state index is -0.216. The van der Waals surface area contributed by atoms with Crippen molar-refractivity contribution in [3.05, 3.63) is 36.1 Å². The Bertz CT molecular complexity index is 519. The first-order chi connectivity index (χ1) is 9.20. The molecule has 1 aromatic heterocycles. The Hall–Kier alpha value is -1.46. The molecule has 0 radical (unpaired) electrons. The Morgan fingerprint density at radius 3 is 3.00 bits per heavy atom. The minimum absolute atomic E-state index is 0.204. The van der Waals surface area contributed by atoms with Gasteiger partial charge in [0, 0.05) is 11.1 Å². The third-order valence-corrected chi connectivity index (χ3v) is 3.67. The van der Waals surface area contributed by atoms with Crippen molar-refractivity contribution in [1.29, 1.82) is 0 Å². The lowest BCUT2D eigenvalue weighted by Gasteiger charge is -2.07. The number of fused-ring (bicyclic) bond motifs is 1.